The molecule has 0 unspecified atom stereocenters. The Morgan fingerprint density at radius 2 is 2.14 bits per heavy atom. The smallest absolute Gasteiger partial charge is 0.230 e. The van der Waals surface area contributed by atoms with E-state index in [-0.39, 0.29) is 5.88 Å². The van der Waals surface area contributed by atoms with Gasteiger partial charge in [0.25, 0.3) is 0 Å². The van der Waals surface area contributed by atoms with Crippen LogP contribution in [-0.2, 0) is 0 Å². The van der Waals surface area contributed by atoms with Crippen molar-refractivity contribution in [1.82, 2.24) is 9.78 Å². The number of hydrogen-bond acceptors (Lipinski definition) is 2. The quantitative estimate of drug-likeness (QED) is 0.848. The van der Waals surface area contributed by atoms with Gasteiger partial charge in [0.05, 0.1) is 5.69 Å². The summed E-state index contributed by atoms with van der Waals surface area (Å²) in [6.07, 6.45) is 1.73. The lowest BCUT2D eigenvalue weighted by molar-refractivity contribution is 0.448. The minimum atomic E-state index is 0.0346. The van der Waals surface area contributed by atoms with Crippen LogP contribution in [0.15, 0.2) is 34.9 Å². The van der Waals surface area contributed by atoms with E-state index in [4.69, 9.17) is 5.11 Å². The summed E-state index contributed by atoms with van der Waals surface area (Å²) in [4.78, 5) is 0. The Kier molecular flexibility index (Phi) is 2.29. The molecular weight excluding hydrogens is 244 g/mol. The zero-order valence-corrected chi connectivity index (χ0v) is 9.19. The first-order chi connectivity index (χ1) is 6.66. The van der Waals surface area contributed by atoms with Crippen LogP contribution in [0.2, 0.25) is 0 Å². The van der Waals surface area contributed by atoms with Crippen molar-refractivity contribution in [2.75, 3.05) is 0 Å². The normalized spacial score (nSPS) is 10.4. The van der Waals surface area contributed by atoms with Crippen molar-refractivity contribution >= 4 is 15.9 Å². The zero-order chi connectivity index (χ0) is 10.1. The molecule has 0 saturated carbocycles. The average Bonchev–Trinajstić information content (AvgIpc) is 2.51. The Balaban J connectivity index is 2.52. The number of rotatable bonds is 1. The third-order valence-electron chi connectivity index (χ3n) is 1.98. The Hall–Kier alpha value is -1.29. The highest BCUT2D eigenvalue weighted by Gasteiger charge is 2.02. The molecule has 3 nitrogen and oxygen atoms in total. The van der Waals surface area contributed by atoms with E-state index in [1.54, 1.807) is 16.9 Å². The van der Waals surface area contributed by atoms with Gasteiger partial charge in [0.2, 0.25) is 5.88 Å². The largest absolute Gasteiger partial charge is 0.492 e. The molecule has 0 fully saturated rings. The second-order valence-corrected chi connectivity index (χ2v) is 3.96. The first-order valence-electron chi connectivity index (χ1n) is 4.18. The molecule has 2 rings (SSSR count). The molecule has 2 aromatic rings. The minimum absolute atomic E-state index is 0.0346. The topological polar surface area (TPSA) is 38.0 Å². The maximum atomic E-state index is 9.12. The molecule has 0 radical (unpaired) electrons. The Morgan fingerprint density at radius 3 is 2.71 bits per heavy atom. The number of aryl methyl sites for hydroxylation is 1. The minimum Gasteiger partial charge on any atom is -0.492 e. The van der Waals surface area contributed by atoms with E-state index in [1.165, 1.54) is 0 Å². The molecule has 0 aliphatic carbocycles. The molecule has 1 heterocycles. The summed E-state index contributed by atoms with van der Waals surface area (Å²) < 4.78 is 2.69. The zero-order valence-electron chi connectivity index (χ0n) is 7.61. The monoisotopic (exact) mass is 252 g/mol. The van der Waals surface area contributed by atoms with E-state index in [2.05, 4.69) is 21.0 Å². The number of halogens is 1. The van der Waals surface area contributed by atoms with Crippen LogP contribution >= 0.6 is 15.9 Å². The third-order valence-corrected chi connectivity index (χ3v) is 2.47. The highest BCUT2D eigenvalue weighted by Crippen LogP contribution is 2.19. The van der Waals surface area contributed by atoms with Crippen LogP contribution in [0.4, 0.5) is 0 Å². The van der Waals surface area contributed by atoms with E-state index < -0.39 is 0 Å². The van der Waals surface area contributed by atoms with Gasteiger partial charge in [-0.2, -0.15) is 0 Å². The maximum absolute atomic E-state index is 9.12. The lowest BCUT2D eigenvalue weighted by Crippen LogP contribution is -1.96. The molecule has 1 aromatic heterocycles. The van der Waals surface area contributed by atoms with Crippen LogP contribution in [0.25, 0.3) is 5.69 Å². The van der Waals surface area contributed by atoms with E-state index in [0.29, 0.717) is 0 Å². The number of hydrogen-bond donors (Lipinski definition) is 1. The van der Waals surface area contributed by atoms with Crippen LogP contribution in [-0.4, -0.2) is 14.9 Å². The van der Waals surface area contributed by atoms with Crippen molar-refractivity contribution in [3.05, 3.63) is 40.5 Å². The molecule has 0 aliphatic rings. The Morgan fingerprint density at radius 1 is 1.36 bits per heavy atom. The van der Waals surface area contributed by atoms with Crippen LogP contribution < -0.4 is 0 Å². The lowest BCUT2D eigenvalue weighted by atomic mass is 10.2. The van der Waals surface area contributed by atoms with Gasteiger partial charge in [-0.25, -0.2) is 4.68 Å². The molecule has 14 heavy (non-hydrogen) atoms. The summed E-state index contributed by atoms with van der Waals surface area (Å²) in [5.41, 5.74) is 2.07. The molecule has 4 heteroatoms. The Labute approximate surface area is 90.1 Å². The molecule has 72 valence electrons. The van der Waals surface area contributed by atoms with E-state index in [9.17, 15) is 0 Å². The molecule has 0 bridgehead atoms. The van der Waals surface area contributed by atoms with Crippen molar-refractivity contribution in [3.63, 3.8) is 0 Å². The van der Waals surface area contributed by atoms with E-state index in [0.717, 1.165) is 15.7 Å². The summed E-state index contributed by atoms with van der Waals surface area (Å²) >= 11 is 3.39. The summed E-state index contributed by atoms with van der Waals surface area (Å²) in [6, 6.07) is 7.46. The lowest BCUT2D eigenvalue weighted by Gasteiger charge is -2.05. The third kappa shape index (κ3) is 1.65. The predicted octanol–water partition coefficient (Wildman–Crippen LogP) is 2.65. The van der Waals surface area contributed by atoms with Crippen LogP contribution in [0.1, 0.15) is 5.56 Å². The molecular formula is C10H9BrN2O. The van der Waals surface area contributed by atoms with Crippen LogP contribution in [0, 0.1) is 6.92 Å². The summed E-state index contributed by atoms with van der Waals surface area (Å²) in [5, 5.41) is 13.0. The van der Waals surface area contributed by atoms with E-state index in [1.807, 2.05) is 25.1 Å². The van der Waals surface area contributed by atoms with E-state index >= 15 is 0 Å². The van der Waals surface area contributed by atoms with Gasteiger partial charge >= 0.3 is 0 Å². The van der Waals surface area contributed by atoms with Crippen molar-refractivity contribution in [2.24, 2.45) is 0 Å². The molecule has 0 aliphatic heterocycles. The fraction of sp³-hybridized carbons (Fsp3) is 0.100. The molecule has 0 saturated heterocycles. The van der Waals surface area contributed by atoms with Gasteiger partial charge in [0, 0.05) is 16.7 Å². The van der Waals surface area contributed by atoms with Gasteiger partial charge < -0.3 is 5.11 Å². The van der Waals surface area contributed by atoms with Crippen molar-refractivity contribution in [1.29, 1.82) is 0 Å². The summed E-state index contributed by atoms with van der Waals surface area (Å²) in [7, 11) is 0. The van der Waals surface area contributed by atoms with Crippen molar-refractivity contribution < 1.29 is 5.11 Å². The number of aromatic nitrogens is 2. The van der Waals surface area contributed by atoms with Crippen LogP contribution in [0.5, 0.6) is 5.88 Å². The van der Waals surface area contributed by atoms with Gasteiger partial charge in [0.1, 0.15) is 0 Å². The first kappa shape index (κ1) is 9.27. The molecule has 1 aromatic carbocycles. The van der Waals surface area contributed by atoms with Gasteiger partial charge in [0.15, 0.2) is 0 Å². The number of aromatic hydroxyl groups is 1. The molecule has 0 spiro atoms. The molecule has 1 N–H and O–H groups in total. The highest BCUT2D eigenvalue weighted by molar-refractivity contribution is 9.10. The number of nitrogens with zero attached hydrogens (tertiary/aromatic N) is 2. The van der Waals surface area contributed by atoms with Crippen LogP contribution in [0.3, 0.4) is 0 Å². The summed E-state index contributed by atoms with van der Waals surface area (Å²) in [5.74, 6) is 0.0346. The first-order valence-corrected chi connectivity index (χ1v) is 4.97. The second kappa shape index (κ2) is 3.46. The fourth-order valence-electron chi connectivity index (χ4n) is 1.32. The SMILES string of the molecule is Cc1cc(Br)ccc1-n1ccc(O)n1. The maximum Gasteiger partial charge on any atom is 0.230 e. The average molecular weight is 253 g/mol. The standard InChI is InChI=1S/C10H9BrN2O/c1-7-6-8(11)2-3-9(7)13-5-4-10(14)12-13/h2-6H,1H3,(H,12,14). The van der Waals surface area contributed by atoms with Gasteiger partial charge in [-0.05, 0) is 30.7 Å². The highest BCUT2D eigenvalue weighted by atomic mass is 79.9. The predicted molar refractivity (Wildman–Crippen MR) is 57.7 cm³/mol. The van der Waals surface area contributed by atoms with Gasteiger partial charge in [-0.15, -0.1) is 5.10 Å². The molecule has 0 atom stereocenters. The van der Waals surface area contributed by atoms with Crippen molar-refractivity contribution in [2.45, 2.75) is 6.92 Å². The van der Waals surface area contributed by atoms with Gasteiger partial charge in [-0.3, -0.25) is 0 Å². The van der Waals surface area contributed by atoms with Gasteiger partial charge in [-0.1, -0.05) is 15.9 Å². The Bertz CT molecular complexity index is 465. The van der Waals surface area contributed by atoms with Crippen molar-refractivity contribution in [3.8, 4) is 11.6 Å². The second-order valence-electron chi connectivity index (χ2n) is 3.05. The fourth-order valence-corrected chi connectivity index (χ4v) is 1.80. The summed E-state index contributed by atoms with van der Waals surface area (Å²) in [6.45, 7) is 2.00. The molecule has 0 amide bonds. The number of benzene rings is 1.